The van der Waals surface area contributed by atoms with Crippen LogP contribution in [0, 0.1) is 19.3 Å². The van der Waals surface area contributed by atoms with Crippen molar-refractivity contribution in [1.29, 1.82) is 0 Å². The number of benzene rings is 4. The summed E-state index contributed by atoms with van der Waals surface area (Å²) < 4.78 is 158. The predicted octanol–water partition coefficient (Wildman–Crippen LogP) is 11.6. The molecule has 0 N–H and O–H groups in total. The molecule has 0 fully saturated rings. The van der Waals surface area contributed by atoms with Gasteiger partial charge in [0.1, 0.15) is 0 Å². The minimum absolute atomic E-state index is 0.0521. The Morgan fingerprint density at radius 3 is 1.61 bits per heavy atom. The Labute approximate surface area is 270 Å². The van der Waals surface area contributed by atoms with Crippen molar-refractivity contribution in [3.05, 3.63) is 110 Å². The molecule has 0 aromatic heterocycles. The van der Waals surface area contributed by atoms with Crippen molar-refractivity contribution in [3.8, 4) is 11.1 Å². The van der Waals surface area contributed by atoms with Gasteiger partial charge in [-0.1, -0.05) is 103 Å². The molecule has 1 nitrogen and oxygen atoms in total. The fraction of sp³-hybridized carbons (Fsp3) is 0.314. The Morgan fingerprint density at radius 1 is 0.579 bits per heavy atom. The van der Waals surface area contributed by atoms with Gasteiger partial charge in [0.25, 0.3) is 0 Å². The van der Waals surface area contributed by atoms with E-state index in [1.54, 1.807) is 24.3 Å². The lowest BCUT2D eigenvalue weighted by molar-refractivity contribution is 0.125. The molecule has 0 unspecified atom stereocenters. The lowest BCUT2D eigenvalue weighted by Gasteiger charge is -2.44. The second-order valence-corrected chi connectivity index (χ2v) is 11.6. The summed E-state index contributed by atoms with van der Waals surface area (Å²) in [5, 5.41) is 0. The fourth-order valence-electron chi connectivity index (χ4n) is 5.00. The van der Waals surface area contributed by atoms with Crippen molar-refractivity contribution in [3.63, 3.8) is 0 Å². The van der Waals surface area contributed by atoms with Crippen LogP contribution in [0.3, 0.4) is 0 Å². The highest BCUT2D eigenvalue weighted by Crippen LogP contribution is 2.61. The monoisotopic (exact) mass is 647 g/mol. The van der Waals surface area contributed by atoms with Crippen LogP contribution in [-0.4, -0.2) is 0 Å². The molecule has 5 rings (SSSR count). The molecule has 0 amide bonds. The lowest BCUT2D eigenvalue weighted by atomic mass is 9.59. The first kappa shape index (κ1) is 12.9. The number of halogens is 2. The maximum Gasteiger partial charge on any atom is 0.0491 e. The molecule has 0 saturated carbocycles. The zero-order valence-corrected chi connectivity index (χ0v) is 23.9. The van der Waals surface area contributed by atoms with Gasteiger partial charge >= 0.3 is 0 Å². The molecular formula is C35H37Br2N. The van der Waals surface area contributed by atoms with Crippen LogP contribution >= 0.6 is 31.9 Å². The second-order valence-electron chi connectivity index (χ2n) is 9.75. The third-order valence-corrected chi connectivity index (χ3v) is 8.20. The van der Waals surface area contributed by atoms with Gasteiger partial charge in [-0.05, 0) is 112 Å². The van der Waals surface area contributed by atoms with Crippen LogP contribution in [0.15, 0.2) is 87.8 Å². The van der Waals surface area contributed by atoms with E-state index in [2.05, 4.69) is 31.9 Å². The minimum atomic E-state index is -4.44. The summed E-state index contributed by atoms with van der Waals surface area (Å²) >= 11 is 7.02. The molecule has 38 heavy (non-hydrogen) atoms. The largest absolute Gasteiger partial charge is 0.310 e. The summed E-state index contributed by atoms with van der Waals surface area (Å²) in [6.45, 7) is -21.2. The van der Waals surface area contributed by atoms with Gasteiger partial charge in [0.15, 0.2) is 0 Å². The predicted molar refractivity (Wildman–Crippen MR) is 171 cm³/mol. The van der Waals surface area contributed by atoms with Gasteiger partial charge < -0.3 is 4.90 Å². The molecule has 1 aliphatic rings. The van der Waals surface area contributed by atoms with Crippen molar-refractivity contribution < 1.29 is 24.7 Å². The summed E-state index contributed by atoms with van der Waals surface area (Å²) in [7, 11) is 0. The molecule has 0 heterocycles. The van der Waals surface area contributed by atoms with Crippen LogP contribution in [0.4, 0.5) is 17.1 Å². The lowest BCUT2D eigenvalue weighted by Crippen LogP contribution is -2.42. The highest BCUT2D eigenvalue weighted by Gasteiger charge is 2.56. The van der Waals surface area contributed by atoms with E-state index < -0.39 is 68.5 Å². The van der Waals surface area contributed by atoms with Crippen LogP contribution < -0.4 is 4.90 Å². The number of fused-ring (bicyclic) bond motifs is 1. The van der Waals surface area contributed by atoms with Gasteiger partial charge in [-0.15, -0.1) is 0 Å². The molecule has 0 radical (unpaired) electrons. The van der Waals surface area contributed by atoms with Crippen LogP contribution in [-0.2, 0) is 10.8 Å². The first-order chi connectivity index (χ1) is 25.3. The first-order valence-corrected chi connectivity index (χ1v) is 13.4. The van der Waals surface area contributed by atoms with Crippen LogP contribution in [0.5, 0.6) is 0 Å². The van der Waals surface area contributed by atoms with Crippen molar-refractivity contribution in [2.45, 2.75) is 65.8 Å². The van der Waals surface area contributed by atoms with Gasteiger partial charge in [0.2, 0.25) is 0 Å². The van der Waals surface area contributed by atoms with Crippen molar-refractivity contribution in [2.24, 2.45) is 5.41 Å². The van der Waals surface area contributed by atoms with Gasteiger partial charge in [0.05, 0.1) is 0 Å². The van der Waals surface area contributed by atoms with Crippen molar-refractivity contribution in [2.75, 3.05) is 4.90 Å². The van der Waals surface area contributed by atoms with Crippen LogP contribution in [0.2, 0.25) is 0 Å². The molecule has 196 valence electrons. The number of anilines is 3. The van der Waals surface area contributed by atoms with E-state index in [1.807, 2.05) is 55.1 Å². The summed E-state index contributed by atoms with van der Waals surface area (Å²) in [6.07, 6.45) is 0. The third kappa shape index (κ3) is 4.18. The topological polar surface area (TPSA) is 3.24 Å². The average Bonchev–Trinajstić information content (AvgIpc) is 3.31. The number of nitrogens with zero attached hydrogens (tertiary/aromatic N) is 1. The minimum Gasteiger partial charge on any atom is -0.310 e. The highest BCUT2D eigenvalue weighted by atomic mass is 79.9. The molecule has 4 aromatic carbocycles. The second kappa shape index (κ2) is 9.38. The average molecular weight is 650 g/mol. The van der Waals surface area contributed by atoms with Crippen molar-refractivity contribution >= 4 is 48.9 Å². The maximum atomic E-state index is 8.73. The van der Waals surface area contributed by atoms with E-state index >= 15 is 0 Å². The quantitative estimate of drug-likeness (QED) is 0.213. The number of hydrogen-bond acceptors (Lipinski definition) is 1. The summed E-state index contributed by atoms with van der Waals surface area (Å²) in [6, 6.07) is 21.3. The normalized spacial score (nSPS) is 25.8. The molecule has 4 aromatic rings. The van der Waals surface area contributed by atoms with E-state index in [1.165, 1.54) is 6.07 Å². The Hall–Kier alpha value is -2.36. The van der Waals surface area contributed by atoms with Gasteiger partial charge in [-0.2, -0.15) is 0 Å². The first-order valence-electron chi connectivity index (χ1n) is 20.8. The van der Waals surface area contributed by atoms with Gasteiger partial charge in [0, 0.05) is 50.7 Å². The van der Waals surface area contributed by atoms with E-state index in [9.17, 15) is 0 Å². The molecular weight excluding hydrogens is 594 g/mol. The summed E-state index contributed by atoms with van der Waals surface area (Å²) in [5.74, 6) is 0. The highest BCUT2D eigenvalue weighted by molar-refractivity contribution is 9.10. The van der Waals surface area contributed by atoms with Gasteiger partial charge in [-0.3, -0.25) is 0 Å². The fourth-order valence-corrected chi connectivity index (χ4v) is 5.95. The summed E-state index contributed by atoms with van der Waals surface area (Å²) in [5.41, 5.74) is -10.0. The zero-order chi connectivity index (χ0) is 42.6. The van der Waals surface area contributed by atoms with Crippen molar-refractivity contribution in [1.82, 2.24) is 0 Å². The zero-order valence-electron chi connectivity index (χ0n) is 38.7. The van der Waals surface area contributed by atoms with Crippen LogP contribution in [0.1, 0.15) is 88.0 Å². The number of hydrogen-bond donors (Lipinski definition) is 0. The van der Waals surface area contributed by atoms with E-state index in [0.717, 1.165) is 43.6 Å². The molecule has 0 spiro atoms. The molecule has 1 aliphatic carbocycles. The Bertz CT molecular complexity index is 2050. The standard InChI is InChI=1S/C35H37Br2N/c1-22-19-26(36)12-17-31(22)38(32-18-13-27(37)20-23(32)2)28-14-9-24(10-15-28)25-11-16-29-30(21-25)34(5,6)35(7,8)33(29,3)4/h9-21H,1-8H3/i3D3,4D3,5D3,6D3,7D3,8D3. The smallest absolute Gasteiger partial charge is 0.0491 e. The number of aryl methyl sites for hydroxylation is 2. The number of rotatable bonds is 4. The molecule has 0 bridgehead atoms. The van der Waals surface area contributed by atoms with Crippen LogP contribution in [0.25, 0.3) is 11.1 Å². The third-order valence-electron chi connectivity index (χ3n) is 7.21. The summed E-state index contributed by atoms with van der Waals surface area (Å²) in [4.78, 5) is 2.01. The molecule has 0 aliphatic heterocycles. The van der Waals surface area contributed by atoms with E-state index in [4.69, 9.17) is 24.7 Å². The maximum absolute atomic E-state index is 8.73. The molecule has 0 saturated heterocycles. The van der Waals surface area contributed by atoms with E-state index in [-0.39, 0.29) is 5.56 Å². The Balaban J connectivity index is 1.90. The Kier molecular flexibility index (Phi) is 3.18. The van der Waals surface area contributed by atoms with E-state index in [0.29, 0.717) is 11.3 Å². The van der Waals surface area contributed by atoms with Gasteiger partial charge in [-0.25, -0.2) is 0 Å². The molecule has 0 atom stereocenters. The molecule has 3 heteroatoms. The Morgan fingerprint density at radius 2 is 1.11 bits per heavy atom. The SMILES string of the molecule is [2H]C([2H])([2H])C1(C([2H])([2H])[2H])c2ccc(-c3ccc(N(c4ccc(Br)cc4C)c4ccc(Br)cc4C)cc3)cc2C(C([2H])([2H])[2H])(C([2H])([2H])[2H])C1(C([2H])([2H])[2H])C([2H])([2H])[2H].